The van der Waals surface area contributed by atoms with Gasteiger partial charge in [-0.05, 0) is 44.4 Å². The first-order valence-electron chi connectivity index (χ1n) is 8.75. The van der Waals surface area contributed by atoms with Gasteiger partial charge in [0.15, 0.2) is 9.84 Å². The maximum absolute atomic E-state index is 12.1. The molecule has 26 heavy (non-hydrogen) atoms. The van der Waals surface area contributed by atoms with Gasteiger partial charge in [-0.2, -0.15) is 0 Å². The van der Waals surface area contributed by atoms with Gasteiger partial charge in [-0.3, -0.25) is 0 Å². The molecule has 1 aliphatic rings. The summed E-state index contributed by atoms with van der Waals surface area (Å²) >= 11 is 0. The number of fused-ring (bicyclic) bond motifs is 1. The van der Waals surface area contributed by atoms with Crippen LogP contribution in [-0.2, 0) is 16.4 Å². The van der Waals surface area contributed by atoms with Crippen LogP contribution in [0.15, 0.2) is 29.1 Å². The third-order valence-corrected chi connectivity index (χ3v) is 7.54. The van der Waals surface area contributed by atoms with E-state index >= 15 is 0 Å². The monoisotopic (exact) mass is 374 g/mol. The Kier molecular flexibility index (Phi) is 4.22. The second-order valence-electron chi connectivity index (χ2n) is 6.81. The van der Waals surface area contributed by atoms with Crippen LogP contribution in [0.4, 0.5) is 5.82 Å². The van der Waals surface area contributed by atoms with Crippen LogP contribution in [0.1, 0.15) is 29.9 Å². The largest absolute Gasteiger partial charge is 0.467 e. The Hall–Kier alpha value is -2.35. The molecule has 0 aromatic carbocycles. The number of furan rings is 1. The van der Waals surface area contributed by atoms with Crippen molar-refractivity contribution in [1.82, 2.24) is 14.5 Å². The van der Waals surface area contributed by atoms with E-state index in [1.807, 2.05) is 26.0 Å². The molecule has 7 nitrogen and oxygen atoms in total. The van der Waals surface area contributed by atoms with Gasteiger partial charge in [-0.25, -0.2) is 18.4 Å². The van der Waals surface area contributed by atoms with Gasteiger partial charge in [-0.1, -0.05) is 0 Å². The molecule has 1 fully saturated rings. The molecule has 8 heteroatoms. The number of nitrogens with one attached hydrogen (secondary N) is 1. The molecule has 0 spiro atoms. The molecule has 0 saturated carbocycles. The van der Waals surface area contributed by atoms with Crippen molar-refractivity contribution in [3.63, 3.8) is 0 Å². The molecule has 1 N–H and O–H groups in total. The van der Waals surface area contributed by atoms with Crippen molar-refractivity contribution in [3.05, 3.63) is 41.7 Å². The summed E-state index contributed by atoms with van der Waals surface area (Å²) in [5, 5.41) is 3.86. The SMILES string of the molecule is Cc1c(C)n(Cc2ccco2)c2ncnc(NC[C@@H]3CCCS3(=O)=O)c12. The highest BCUT2D eigenvalue weighted by Crippen LogP contribution is 2.30. The first kappa shape index (κ1) is 17.1. The van der Waals surface area contributed by atoms with Crippen LogP contribution in [-0.4, -0.2) is 40.5 Å². The lowest BCUT2D eigenvalue weighted by Crippen LogP contribution is -2.25. The Morgan fingerprint density at radius 3 is 2.88 bits per heavy atom. The zero-order valence-corrected chi connectivity index (χ0v) is 15.7. The number of anilines is 1. The average Bonchev–Trinajstić information content (AvgIpc) is 3.30. The first-order chi connectivity index (χ1) is 12.5. The van der Waals surface area contributed by atoms with E-state index in [1.165, 1.54) is 6.33 Å². The third kappa shape index (κ3) is 2.88. The van der Waals surface area contributed by atoms with E-state index in [0.29, 0.717) is 25.3 Å². The van der Waals surface area contributed by atoms with Gasteiger partial charge in [0, 0.05) is 12.2 Å². The summed E-state index contributed by atoms with van der Waals surface area (Å²) < 4.78 is 31.7. The lowest BCUT2D eigenvalue weighted by molar-refractivity contribution is 0.494. The molecule has 1 aliphatic heterocycles. The highest BCUT2D eigenvalue weighted by molar-refractivity contribution is 7.92. The zero-order chi connectivity index (χ0) is 18.3. The standard InChI is InChI=1S/C18H22N4O3S/c1-12-13(2)22(10-14-5-3-7-25-14)18-16(12)17(20-11-21-18)19-9-15-6-4-8-26(15,23)24/h3,5,7,11,15H,4,6,8-10H2,1-2H3,(H,19,20,21)/t15-/m0/s1. The number of rotatable bonds is 5. The summed E-state index contributed by atoms with van der Waals surface area (Å²) in [7, 11) is -2.98. The fourth-order valence-electron chi connectivity index (χ4n) is 3.65. The van der Waals surface area contributed by atoms with Gasteiger partial charge < -0.3 is 14.3 Å². The minimum absolute atomic E-state index is 0.288. The summed E-state index contributed by atoms with van der Waals surface area (Å²) in [6.07, 6.45) is 4.63. The highest BCUT2D eigenvalue weighted by Gasteiger charge is 2.31. The number of aryl methyl sites for hydroxylation is 1. The normalized spacial score (nSPS) is 19.2. The first-order valence-corrected chi connectivity index (χ1v) is 10.5. The second kappa shape index (κ2) is 6.42. The minimum Gasteiger partial charge on any atom is -0.467 e. The van der Waals surface area contributed by atoms with Gasteiger partial charge in [0.25, 0.3) is 0 Å². The van der Waals surface area contributed by atoms with E-state index in [-0.39, 0.29) is 11.0 Å². The van der Waals surface area contributed by atoms with E-state index in [2.05, 4.69) is 19.9 Å². The van der Waals surface area contributed by atoms with Crippen molar-refractivity contribution in [1.29, 1.82) is 0 Å². The molecule has 0 aliphatic carbocycles. The molecule has 1 saturated heterocycles. The number of hydrogen-bond donors (Lipinski definition) is 1. The Morgan fingerprint density at radius 2 is 2.19 bits per heavy atom. The lowest BCUT2D eigenvalue weighted by Gasteiger charge is -2.12. The predicted molar refractivity (Wildman–Crippen MR) is 100 cm³/mol. The van der Waals surface area contributed by atoms with Crippen molar-refractivity contribution in [2.75, 3.05) is 17.6 Å². The van der Waals surface area contributed by atoms with Gasteiger partial charge in [0.2, 0.25) is 0 Å². The number of hydrogen-bond acceptors (Lipinski definition) is 6. The predicted octanol–water partition coefficient (Wildman–Crippen LogP) is 2.68. The second-order valence-corrected chi connectivity index (χ2v) is 9.21. The van der Waals surface area contributed by atoms with Crippen LogP contribution in [0.3, 0.4) is 0 Å². The molecular weight excluding hydrogens is 352 g/mol. The maximum Gasteiger partial charge on any atom is 0.154 e. The van der Waals surface area contributed by atoms with Gasteiger partial charge >= 0.3 is 0 Å². The van der Waals surface area contributed by atoms with Gasteiger partial charge in [0.05, 0.1) is 29.2 Å². The lowest BCUT2D eigenvalue weighted by atomic mass is 10.2. The number of aromatic nitrogens is 3. The van der Waals surface area contributed by atoms with Crippen molar-refractivity contribution in [3.8, 4) is 0 Å². The molecule has 4 rings (SSSR count). The average molecular weight is 374 g/mol. The Labute approximate surface area is 152 Å². The molecule has 0 bridgehead atoms. The highest BCUT2D eigenvalue weighted by atomic mass is 32.2. The van der Waals surface area contributed by atoms with Crippen LogP contribution in [0, 0.1) is 13.8 Å². The van der Waals surface area contributed by atoms with Crippen molar-refractivity contribution >= 4 is 26.7 Å². The summed E-state index contributed by atoms with van der Waals surface area (Å²) in [6, 6.07) is 3.80. The molecule has 1 atom stereocenters. The number of sulfone groups is 1. The van der Waals surface area contributed by atoms with E-state index in [0.717, 1.165) is 34.5 Å². The van der Waals surface area contributed by atoms with Crippen molar-refractivity contribution in [2.45, 2.75) is 38.5 Å². The Morgan fingerprint density at radius 1 is 1.35 bits per heavy atom. The molecule has 0 amide bonds. The van der Waals surface area contributed by atoms with Crippen LogP contribution in [0.5, 0.6) is 0 Å². The van der Waals surface area contributed by atoms with E-state index in [1.54, 1.807) is 6.26 Å². The van der Waals surface area contributed by atoms with E-state index < -0.39 is 9.84 Å². The quantitative estimate of drug-likeness (QED) is 0.738. The summed E-state index contributed by atoms with van der Waals surface area (Å²) in [5.74, 6) is 1.84. The summed E-state index contributed by atoms with van der Waals surface area (Å²) in [6.45, 7) is 5.06. The molecule has 138 valence electrons. The van der Waals surface area contributed by atoms with E-state index in [4.69, 9.17) is 4.42 Å². The molecule has 3 aromatic heterocycles. The van der Waals surface area contributed by atoms with Crippen LogP contribution in [0.2, 0.25) is 0 Å². The molecular formula is C18H22N4O3S. The molecule has 0 radical (unpaired) electrons. The van der Waals surface area contributed by atoms with Crippen molar-refractivity contribution in [2.24, 2.45) is 0 Å². The van der Waals surface area contributed by atoms with Crippen LogP contribution in [0.25, 0.3) is 11.0 Å². The zero-order valence-electron chi connectivity index (χ0n) is 14.9. The number of nitrogens with zero attached hydrogens (tertiary/aromatic N) is 3. The maximum atomic E-state index is 12.1. The Balaban J connectivity index is 1.68. The Bertz CT molecular complexity index is 1040. The fourth-order valence-corrected chi connectivity index (χ4v) is 5.42. The van der Waals surface area contributed by atoms with Gasteiger partial charge in [-0.15, -0.1) is 0 Å². The molecule has 3 aromatic rings. The topological polar surface area (TPSA) is 90.0 Å². The molecule has 0 unspecified atom stereocenters. The van der Waals surface area contributed by atoms with Gasteiger partial charge in [0.1, 0.15) is 23.6 Å². The van der Waals surface area contributed by atoms with Crippen LogP contribution < -0.4 is 5.32 Å². The summed E-state index contributed by atoms with van der Waals surface area (Å²) in [5.41, 5.74) is 3.00. The molecule has 4 heterocycles. The third-order valence-electron chi connectivity index (χ3n) is 5.26. The van der Waals surface area contributed by atoms with Crippen LogP contribution >= 0.6 is 0 Å². The smallest absolute Gasteiger partial charge is 0.154 e. The summed E-state index contributed by atoms with van der Waals surface area (Å²) in [4.78, 5) is 8.84. The van der Waals surface area contributed by atoms with E-state index in [9.17, 15) is 8.42 Å². The fraction of sp³-hybridized carbons (Fsp3) is 0.444. The minimum atomic E-state index is -2.98. The van der Waals surface area contributed by atoms with Crippen molar-refractivity contribution < 1.29 is 12.8 Å².